The van der Waals surface area contributed by atoms with E-state index in [1.165, 1.54) is 31.3 Å². The van der Waals surface area contributed by atoms with Crippen LogP contribution < -0.4 is 5.32 Å². The standard InChI is InChI=1S/C19H18N6O3S/c1-13-18(15-7-9-21-10-8-15)23-24-19(13)22-17(26)12-25(2)29(27,28)16-5-3-14(11-20)4-6-16/h3-10H,12H2,1-2H3,(H2,22,23,24,26). The van der Waals surface area contributed by atoms with Gasteiger partial charge in [0.1, 0.15) is 0 Å². The Morgan fingerprint density at radius 1 is 1.21 bits per heavy atom. The predicted octanol–water partition coefficient (Wildman–Crippen LogP) is 1.91. The summed E-state index contributed by atoms with van der Waals surface area (Å²) in [4.78, 5) is 16.3. The number of aromatic amines is 1. The van der Waals surface area contributed by atoms with Crippen molar-refractivity contribution in [3.63, 3.8) is 0 Å². The third-order valence-electron chi connectivity index (χ3n) is 4.29. The molecular formula is C19H18N6O3S. The Bertz CT molecular complexity index is 1160. The van der Waals surface area contributed by atoms with Crippen LogP contribution >= 0.6 is 0 Å². The lowest BCUT2D eigenvalue weighted by atomic mass is 10.1. The van der Waals surface area contributed by atoms with Crippen molar-refractivity contribution in [3.8, 4) is 17.3 Å². The van der Waals surface area contributed by atoms with E-state index >= 15 is 0 Å². The number of nitriles is 1. The first kappa shape index (κ1) is 20.2. The first-order chi connectivity index (χ1) is 13.8. The minimum Gasteiger partial charge on any atom is -0.308 e. The molecule has 10 heteroatoms. The van der Waals surface area contributed by atoms with E-state index < -0.39 is 15.9 Å². The van der Waals surface area contributed by atoms with Gasteiger partial charge in [-0.05, 0) is 43.3 Å². The molecule has 0 spiro atoms. The smallest absolute Gasteiger partial charge is 0.243 e. The summed E-state index contributed by atoms with van der Waals surface area (Å²) < 4.78 is 26.2. The highest BCUT2D eigenvalue weighted by molar-refractivity contribution is 7.89. The number of amides is 1. The van der Waals surface area contributed by atoms with Gasteiger partial charge in [0.2, 0.25) is 15.9 Å². The molecule has 148 valence electrons. The van der Waals surface area contributed by atoms with Crippen molar-refractivity contribution in [3.05, 3.63) is 59.9 Å². The number of H-pyrrole nitrogens is 1. The van der Waals surface area contributed by atoms with E-state index in [2.05, 4.69) is 20.5 Å². The summed E-state index contributed by atoms with van der Waals surface area (Å²) in [5.74, 6) is -0.202. The van der Waals surface area contributed by atoms with Crippen LogP contribution in [0.5, 0.6) is 0 Å². The molecule has 9 nitrogen and oxygen atoms in total. The van der Waals surface area contributed by atoms with Crippen LogP contribution in [0, 0.1) is 18.3 Å². The van der Waals surface area contributed by atoms with E-state index in [1.807, 2.05) is 18.2 Å². The monoisotopic (exact) mass is 410 g/mol. The van der Waals surface area contributed by atoms with Crippen LogP contribution in [0.2, 0.25) is 0 Å². The van der Waals surface area contributed by atoms with Crippen molar-refractivity contribution in [2.24, 2.45) is 0 Å². The molecule has 0 saturated heterocycles. The van der Waals surface area contributed by atoms with Gasteiger partial charge in [-0.2, -0.15) is 14.7 Å². The number of nitrogens with one attached hydrogen (secondary N) is 2. The van der Waals surface area contributed by atoms with Gasteiger partial charge in [-0.15, -0.1) is 0 Å². The number of nitrogens with zero attached hydrogens (tertiary/aromatic N) is 4. The van der Waals surface area contributed by atoms with Gasteiger partial charge in [0.25, 0.3) is 0 Å². The molecule has 29 heavy (non-hydrogen) atoms. The van der Waals surface area contributed by atoms with Gasteiger partial charge in [0.15, 0.2) is 5.82 Å². The largest absolute Gasteiger partial charge is 0.308 e. The van der Waals surface area contributed by atoms with E-state index in [0.717, 1.165) is 21.1 Å². The highest BCUT2D eigenvalue weighted by Crippen LogP contribution is 2.25. The summed E-state index contributed by atoms with van der Waals surface area (Å²) in [7, 11) is -2.56. The minimum absolute atomic E-state index is 0.00252. The second-order valence-electron chi connectivity index (χ2n) is 6.25. The molecule has 0 unspecified atom stereocenters. The molecule has 2 heterocycles. The zero-order chi connectivity index (χ0) is 21.0. The van der Waals surface area contributed by atoms with Crippen molar-refractivity contribution in [2.75, 3.05) is 18.9 Å². The van der Waals surface area contributed by atoms with Crippen molar-refractivity contribution >= 4 is 21.7 Å². The Kier molecular flexibility index (Phi) is 5.72. The quantitative estimate of drug-likeness (QED) is 0.638. The van der Waals surface area contributed by atoms with Gasteiger partial charge < -0.3 is 5.32 Å². The number of hydrogen-bond donors (Lipinski definition) is 2. The molecule has 0 aliphatic heterocycles. The first-order valence-corrected chi connectivity index (χ1v) is 9.98. The average Bonchev–Trinajstić information content (AvgIpc) is 3.08. The lowest BCUT2D eigenvalue weighted by molar-refractivity contribution is -0.116. The van der Waals surface area contributed by atoms with Gasteiger partial charge >= 0.3 is 0 Å². The molecular weight excluding hydrogens is 392 g/mol. The zero-order valence-corrected chi connectivity index (χ0v) is 16.6. The highest BCUT2D eigenvalue weighted by Gasteiger charge is 2.23. The van der Waals surface area contributed by atoms with E-state index in [0.29, 0.717) is 11.4 Å². The number of rotatable bonds is 6. The van der Waals surface area contributed by atoms with E-state index in [9.17, 15) is 13.2 Å². The van der Waals surface area contributed by atoms with Gasteiger partial charge in [-0.3, -0.25) is 14.9 Å². The Morgan fingerprint density at radius 3 is 2.48 bits per heavy atom. The molecule has 0 bridgehead atoms. The minimum atomic E-state index is -3.87. The van der Waals surface area contributed by atoms with E-state index in [-0.39, 0.29) is 11.4 Å². The van der Waals surface area contributed by atoms with Crippen LogP contribution in [0.1, 0.15) is 11.1 Å². The average molecular weight is 410 g/mol. The van der Waals surface area contributed by atoms with Gasteiger partial charge in [-0.1, -0.05) is 0 Å². The second-order valence-corrected chi connectivity index (χ2v) is 8.30. The van der Waals surface area contributed by atoms with E-state index in [1.54, 1.807) is 19.3 Å². The number of sulfonamides is 1. The van der Waals surface area contributed by atoms with Crippen LogP contribution in [0.3, 0.4) is 0 Å². The summed E-state index contributed by atoms with van der Waals surface area (Å²) >= 11 is 0. The molecule has 0 radical (unpaired) electrons. The summed E-state index contributed by atoms with van der Waals surface area (Å²) in [5, 5.41) is 18.4. The maximum absolute atomic E-state index is 12.6. The molecule has 0 fully saturated rings. The first-order valence-electron chi connectivity index (χ1n) is 8.54. The Hall–Kier alpha value is -3.55. The van der Waals surface area contributed by atoms with Crippen molar-refractivity contribution in [1.29, 1.82) is 5.26 Å². The third kappa shape index (κ3) is 4.31. The van der Waals surface area contributed by atoms with E-state index in [4.69, 9.17) is 5.26 Å². The fraction of sp³-hybridized carbons (Fsp3) is 0.158. The van der Waals surface area contributed by atoms with Crippen LogP contribution in [0.25, 0.3) is 11.3 Å². The topological polar surface area (TPSA) is 132 Å². The summed E-state index contributed by atoms with van der Waals surface area (Å²) in [6.07, 6.45) is 3.30. The highest BCUT2D eigenvalue weighted by atomic mass is 32.2. The SMILES string of the molecule is Cc1c(NC(=O)CN(C)S(=O)(=O)c2ccc(C#N)cc2)n[nH]c1-c1ccncc1. The molecule has 3 rings (SSSR count). The number of carbonyl (C=O) groups is 1. The lowest BCUT2D eigenvalue weighted by Crippen LogP contribution is -2.35. The Balaban J connectivity index is 1.70. The Morgan fingerprint density at radius 2 is 1.86 bits per heavy atom. The number of likely N-dealkylation sites (N-methyl/N-ethyl adjacent to an activating group) is 1. The normalized spacial score (nSPS) is 11.2. The maximum atomic E-state index is 12.6. The number of hydrogen-bond acceptors (Lipinski definition) is 6. The molecule has 3 aromatic rings. The summed E-state index contributed by atoms with van der Waals surface area (Å²) in [6.45, 7) is 1.41. The van der Waals surface area contributed by atoms with Gasteiger partial charge in [0, 0.05) is 30.6 Å². The lowest BCUT2D eigenvalue weighted by Gasteiger charge is -2.16. The Labute approximate surface area is 168 Å². The molecule has 2 N–H and O–H groups in total. The third-order valence-corrected chi connectivity index (χ3v) is 6.11. The number of anilines is 1. The number of aromatic nitrogens is 3. The predicted molar refractivity (Wildman–Crippen MR) is 106 cm³/mol. The summed E-state index contributed by atoms with van der Waals surface area (Å²) in [6, 6.07) is 11.0. The molecule has 2 aromatic heterocycles. The van der Waals surface area contributed by atoms with Crippen molar-refractivity contribution in [2.45, 2.75) is 11.8 Å². The molecule has 0 aliphatic rings. The molecule has 1 aromatic carbocycles. The van der Waals surface area contributed by atoms with Crippen LogP contribution in [0.15, 0.2) is 53.7 Å². The molecule has 0 saturated carbocycles. The van der Waals surface area contributed by atoms with Crippen molar-refractivity contribution < 1.29 is 13.2 Å². The number of benzene rings is 1. The van der Waals surface area contributed by atoms with Crippen LogP contribution in [-0.2, 0) is 14.8 Å². The van der Waals surface area contributed by atoms with Crippen LogP contribution in [0.4, 0.5) is 5.82 Å². The summed E-state index contributed by atoms with van der Waals surface area (Å²) in [5.41, 5.74) is 2.68. The van der Waals surface area contributed by atoms with Crippen molar-refractivity contribution in [1.82, 2.24) is 19.5 Å². The maximum Gasteiger partial charge on any atom is 0.243 e. The van der Waals surface area contributed by atoms with Gasteiger partial charge in [0.05, 0.1) is 28.8 Å². The fourth-order valence-electron chi connectivity index (χ4n) is 2.66. The van der Waals surface area contributed by atoms with Crippen LogP contribution in [-0.4, -0.2) is 47.4 Å². The second kappa shape index (κ2) is 8.22. The van der Waals surface area contributed by atoms with Gasteiger partial charge in [-0.25, -0.2) is 8.42 Å². The number of pyridine rings is 1. The molecule has 0 aliphatic carbocycles. The fourth-order valence-corrected chi connectivity index (χ4v) is 3.79. The number of carbonyl (C=O) groups excluding carboxylic acids is 1. The zero-order valence-electron chi connectivity index (χ0n) is 15.7. The molecule has 1 amide bonds. The molecule has 0 atom stereocenters.